The Morgan fingerprint density at radius 1 is 1.56 bits per heavy atom. The molecule has 1 aromatic carbocycles. The lowest BCUT2D eigenvalue weighted by molar-refractivity contribution is 0.0267. The molecule has 1 aliphatic rings. The van der Waals surface area contributed by atoms with E-state index in [1.807, 2.05) is 6.92 Å². The molecule has 1 aromatic rings. The second-order valence-electron chi connectivity index (χ2n) is 4.89. The summed E-state index contributed by atoms with van der Waals surface area (Å²) in [4.78, 5) is 0. The molecule has 100 valence electrons. The van der Waals surface area contributed by atoms with Gasteiger partial charge in [0, 0.05) is 12.0 Å². The minimum Gasteiger partial charge on any atom is -0.494 e. The topological polar surface area (TPSA) is 38.7 Å². The van der Waals surface area contributed by atoms with Crippen LogP contribution in [0.2, 0.25) is 0 Å². The molecule has 0 aliphatic carbocycles. The van der Waals surface area contributed by atoms with Crippen molar-refractivity contribution in [2.24, 2.45) is 5.41 Å². The van der Waals surface area contributed by atoms with E-state index < -0.39 is 0 Å². The van der Waals surface area contributed by atoms with E-state index in [9.17, 15) is 9.50 Å². The number of ether oxygens (including phenoxy) is 2. The van der Waals surface area contributed by atoms with Gasteiger partial charge >= 0.3 is 0 Å². The molecule has 0 amide bonds. The van der Waals surface area contributed by atoms with E-state index in [2.05, 4.69) is 0 Å². The highest BCUT2D eigenvalue weighted by molar-refractivity contribution is 5.32. The second kappa shape index (κ2) is 5.24. The summed E-state index contributed by atoms with van der Waals surface area (Å²) in [6.07, 6.45) is 1.16. The highest BCUT2D eigenvalue weighted by Gasteiger charge is 2.41. The Kier molecular flexibility index (Phi) is 3.88. The third-order valence-corrected chi connectivity index (χ3v) is 3.95. The van der Waals surface area contributed by atoms with Crippen molar-refractivity contribution in [3.63, 3.8) is 0 Å². The Bertz CT molecular complexity index is 422. The number of hydrogen-bond donors (Lipinski definition) is 1. The zero-order chi connectivity index (χ0) is 13.2. The molecule has 0 aromatic heterocycles. The molecule has 1 saturated heterocycles. The van der Waals surface area contributed by atoms with Gasteiger partial charge in [-0.1, -0.05) is 12.1 Å². The molecule has 4 heteroatoms. The van der Waals surface area contributed by atoms with E-state index >= 15 is 0 Å². The van der Waals surface area contributed by atoms with Gasteiger partial charge in [-0.05, 0) is 31.4 Å². The number of aliphatic hydroxyl groups is 1. The van der Waals surface area contributed by atoms with Gasteiger partial charge in [-0.15, -0.1) is 0 Å². The van der Waals surface area contributed by atoms with Gasteiger partial charge in [0.2, 0.25) is 0 Å². The van der Waals surface area contributed by atoms with Crippen LogP contribution < -0.4 is 4.74 Å². The lowest BCUT2D eigenvalue weighted by Gasteiger charge is -2.30. The first-order valence-electron chi connectivity index (χ1n) is 6.17. The summed E-state index contributed by atoms with van der Waals surface area (Å²) in [6, 6.07) is 5.10. The van der Waals surface area contributed by atoms with E-state index in [1.165, 1.54) is 7.11 Å². The van der Waals surface area contributed by atoms with Crippen molar-refractivity contribution in [1.29, 1.82) is 0 Å². The van der Waals surface area contributed by atoms with E-state index in [-0.39, 0.29) is 29.7 Å². The van der Waals surface area contributed by atoms with Gasteiger partial charge in [0.05, 0.1) is 19.8 Å². The van der Waals surface area contributed by atoms with Crippen molar-refractivity contribution in [2.45, 2.75) is 25.9 Å². The Labute approximate surface area is 107 Å². The van der Waals surface area contributed by atoms with Crippen LogP contribution in [0, 0.1) is 11.2 Å². The summed E-state index contributed by atoms with van der Waals surface area (Å²) in [6.45, 7) is 2.55. The highest BCUT2D eigenvalue weighted by atomic mass is 19.1. The van der Waals surface area contributed by atoms with Gasteiger partial charge in [0.15, 0.2) is 11.6 Å². The van der Waals surface area contributed by atoms with Crippen LogP contribution in [0.1, 0.15) is 18.9 Å². The van der Waals surface area contributed by atoms with Crippen LogP contribution in [0.15, 0.2) is 18.2 Å². The van der Waals surface area contributed by atoms with E-state index in [0.717, 1.165) is 6.42 Å². The third-order valence-electron chi connectivity index (χ3n) is 3.95. The van der Waals surface area contributed by atoms with Crippen molar-refractivity contribution in [1.82, 2.24) is 0 Å². The van der Waals surface area contributed by atoms with Crippen molar-refractivity contribution in [2.75, 3.05) is 20.3 Å². The summed E-state index contributed by atoms with van der Waals surface area (Å²) in [5, 5.41) is 9.63. The molecule has 1 aliphatic heterocycles. The molecule has 0 spiro atoms. The molecule has 18 heavy (non-hydrogen) atoms. The number of methoxy groups -OCH3 is 1. The molecule has 2 atom stereocenters. The van der Waals surface area contributed by atoms with Gasteiger partial charge in [0.25, 0.3) is 0 Å². The molecule has 0 radical (unpaired) electrons. The first-order chi connectivity index (χ1) is 8.63. The Morgan fingerprint density at radius 3 is 2.89 bits per heavy atom. The lowest BCUT2D eigenvalue weighted by Crippen LogP contribution is -2.35. The largest absolute Gasteiger partial charge is 0.494 e. The quantitative estimate of drug-likeness (QED) is 0.895. The third kappa shape index (κ3) is 2.22. The average Bonchev–Trinajstić information content (AvgIpc) is 2.74. The average molecular weight is 254 g/mol. The molecule has 0 bridgehead atoms. The van der Waals surface area contributed by atoms with Crippen LogP contribution in [0.25, 0.3) is 0 Å². The number of aliphatic hydroxyl groups excluding tert-OH is 1. The van der Waals surface area contributed by atoms with Gasteiger partial charge in [0.1, 0.15) is 0 Å². The number of rotatable bonds is 4. The molecule has 0 saturated carbocycles. The number of halogens is 1. The summed E-state index contributed by atoms with van der Waals surface area (Å²) in [5.41, 5.74) is 0.188. The molecular weight excluding hydrogens is 235 g/mol. The Morgan fingerprint density at radius 2 is 2.33 bits per heavy atom. The zero-order valence-corrected chi connectivity index (χ0v) is 10.8. The van der Waals surface area contributed by atoms with Crippen LogP contribution in [0.4, 0.5) is 4.39 Å². The van der Waals surface area contributed by atoms with E-state index in [0.29, 0.717) is 18.6 Å². The van der Waals surface area contributed by atoms with Gasteiger partial charge in [-0.2, -0.15) is 0 Å². The van der Waals surface area contributed by atoms with Crippen molar-refractivity contribution >= 4 is 0 Å². The molecule has 1 N–H and O–H groups in total. The molecule has 3 nitrogen and oxygen atoms in total. The maximum Gasteiger partial charge on any atom is 0.168 e. The normalized spacial score (nSPS) is 27.4. The van der Waals surface area contributed by atoms with E-state index in [4.69, 9.17) is 9.47 Å². The molecule has 1 heterocycles. The predicted molar refractivity (Wildman–Crippen MR) is 66.2 cm³/mol. The van der Waals surface area contributed by atoms with Gasteiger partial charge in [-0.3, -0.25) is 0 Å². The SMILES string of the molecule is COc1cccc(CC2(CO)CCOC2C)c1F. The maximum atomic E-state index is 14.1. The molecule has 2 unspecified atom stereocenters. The van der Waals surface area contributed by atoms with Crippen LogP contribution in [-0.4, -0.2) is 31.5 Å². The molecule has 2 rings (SSSR count). The molecular formula is C14H19FO3. The van der Waals surface area contributed by atoms with Crippen molar-refractivity contribution in [3.8, 4) is 5.75 Å². The van der Waals surface area contributed by atoms with Crippen molar-refractivity contribution in [3.05, 3.63) is 29.6 Å². The van der Waals surface area contributed by atoms with Gasteiger partial charge in [-0.25, -0.2) is 4.39 Å². The van der Waals surface area contributed by atoms with Crippen LogP contribution >= 0.6 is 0 Å². The van der Waals surface area contributed by atoms with Crippen LogP contribution in [-0.2, 0) is 11.2 Å². The van der Waals surface area contributed by atoms with Crippen molar-refractivity contribution < 1.29 is 19.0 Å². The lowest BCUT2D eigenvalue weighted by atomic mass is 9.77. The number of hydrogen-bond acceptors (Lipinski definition) is 3. The predicted octanol–water partition coefficient (Wildman–Crippen LogP) is 2.16. The smallest absolute Gasteiger partial charge is 0.168 e. The summed E-state index contributed by atoms with van der Waals surface area (Å²) in [5.74, 6) is -0.0981. The summed E-state index contributed by atoms with van der Waals surface area (Å²) >= 11 is 0. The summed E-state index contributed by atoms with van der Waals surface area (Å²) < 4.78 is 24.6. The fourth-order valence-electron chi connectivity index (χ4n) is 2.54. The Balaban J connectivity index is 2.28. The first kappa shape index (κ1) is 13.3. The van der Waals surface area contributed by atoms with Crippen LogP contribution in [0.5, 0.6) is 5.75 Å². The molecule has 1 fully saturated rings. The Hall–Kier alpha value is -1.13. The minimum atomic E-state index is -0.382. The van der Waals surface area contributed by atoms with E-state index in [1.54, 1.807) is 18.2 Å². The van der Waals surface area contributed by atoms with Crippen LogP contribution in [0.3, 0.4) is 0 Å². The minimum absolute atomic E-state index is 0.00478. The van der Waals surface area contributed by atoms with Gasteiger partial charge < -0.3 is 14.6 Å². The fraction of sp³-hybridized carbons (Fsp3) is 0.571. The fourth-order valence-corrected chi connectivity index (χ4v) is 2.54. The number of benzene rings is 1. The summed E-state index contributed by atoms with van der Waals surface area (Å²) in [7, 11) is 1.45. The highest BCUT2D eigenvalue weighted by Crippen LogP contribution is 2.39. The monoisotopic (exact) mass is 254 g/mol. The standard InChI is InChI=1S/C14H19FO3/c1-10-14(9-16,6-7-18-10)8-11-4-3-5-12(17-2)13(11)15/h3-5,10,16H,6-9H2,1-2H3. The zero-order valence-electron chi connectivity index (χ0n) is 10.8. The second-order valence-corrected chi connectivity index (χ2v) is 4.89. The maximum absolute atomic E-state index is 14.1. The first-order valence-corrected chi connectivity index (χ1v) is 6.17.